The van der Waals surface area contributed by atoms with Crippen LogP contribution in [0, 0.1) is 5.92 Å². The molecule has 2 aromatic carbocycles. The predicted octanol–water partition coefficient (Wildman–Crippen LogP) is 6.73. The molecular weight excluding hydrogens is 654 g/mol. The van der Waals surface area contributed by atoms with Crippen molar-refractivity contribution in [1.82, 2.24) is 4.57 Å². The van der Waals surface area contributed by atoms with E-state index in [1.807, 2.05) is 0 Å². The van der Waals surface area contributed by atoms with Gasteiger partial charge in [-0.05, 0) is 41.8 Å². The summed E-state index contributed by atoms with van der Waals surface area (Å²) in [5.74, 6) is -3.96. The monoisotopic (exact) mass is 669 g/mol. The van der Waals surface area contributed by atoms with Crippen LogP contribution in [0.1, 0.15) is 21.2 Å². The third kappa shape index (κ3) is 4.96. The maximum absolute atomic E-state index is 13.9. The molecule has 3 amide bonds. The van der Waals surface area contributed by atoms with Crippen LogP contribution in [-0.2, 0) is 27.1 Å². The van der Waals surface area contributed by atoms with Crippen LogP contribution in [0.15, 0.2) is 69.8 Å². The number of thiophene rings is 1. The first-order valence-electron chi connectivity index (χ1n) is 12.2. The number of nitrogens with one attached hydrogen (secondary N) is 1. The van der Waals surface area contributed by atoms with E-state index in [4.69, 9.17) is 23.2 Å². The molecule has 2 aliphatic rings. The van der Waals surface area contributed by atoms with E-state index in [0.717, 1.165) is 35.2 Å². The van der Waals surface area contributed by atoms with Crippen LogP contribution < -0.4 is 15.1 Å². The Bertz CT molecular complexity index is 1810. The minimum Gasteiger partial charge on any atom is -0.324 e. The number of nitrogens with zero attached hydrogens (tertiary/aromatic N) is 2. The zero-order chi connectivity index (χ0) is 29.9. The molecule has 0 bridgehead atoms. The Hall–Kier alpha value is -3.10. The quantitative estimate of drug-likeness (QED) is 0.238. The molecule has 0 aliphatic carbocycles. The topological polar surface area (TPSA) is 88.5 Å². The Morgan fingerprint density at radius 1 is 0.976 bits per heavy atom. The number of alkyl halides is 3. The number of rotatable bonds is 5. The molecule has 15 heteroatoms. The lowest BCUT2D eigenvalue weighted by Crippen LogP contribution is -2.33. The van der Waals surface area contributed by atoms with E-state index in [1.165, 1.54) is 40.2 Å². The second kappa shape index (κ2) is 10.9. The lowest BCUT2D eigenvalue weighted by molar-refractivity contribution is -0.137. The highest BCUT2D eigenvalue weighted by Crippen LogP contribution is 2.55. The van der Waals surface area contributed by atoms with E-state index in [9.17, 15) is 32.3 Å². The van der Waals surface area contributed by atoms with Gasteiger partial charge in [0.2, 0.25) is 17.7 Å². The molecule has 1 fully saturated rings. The maximum Gasteiger partial charge on any atom is 0.418 e. The van der Waals surface area contributed by atoms with Crippen molar-refractivity contribution in [1.29, 1.82) is 0 Å². The van der Waals surface area contributed by atoms with Crippen LogP contribution in [0.2, 0.25) is 10.0 Å². The summed E-state index contributed by atoms with van der Waals surface area (Å²) in [7, 11) is 0. The highest BCUT2D eigenvalue weighted by Gasteiger charge is 2.58. The van der Waals surface area contributed by atoms with E-state index in [1.54, 1.807) is 23.6 Å². The zero-order valence-corrected chi connectivity index (χ0v) is 24.8. The predicted molar refractivity (Wildman–Crippen MR) is 157 cm³/mol. The molecule has 0 spiro atoms. The molecule has 1 N–H and O–H groups in total. The fourth-order valence-corrected chi connectivity index (χ4v) is 9.11. The summed E-state index contributed by atoms with van der Waals surface area (Å²) in [6.07, 6.45) is -4.80. The molecule has 216 valence electrons. The summed E-state index contributed by atoms with van der Waals surface area (Å²) in [4.78, 5) is 55.0. The van der Waals surface area contributed by atoms with E-state index < -0.39 is 63.7 Å². The van der Waals surface area contributed by atoms with Gasteiger partial charge in [-0.25, -0.2) is 4.90 Å². The first-order valence-corrected chi connectivity index (χ1v) is 15.5. The Morgan fingerprint density at radius 2 is 1.74 bits per heavy atom. The number of aromatic nitrogens is 1. The molecular formula is C27H16Cl2F3N3O4S3. The van der Waals surface area contributed by atoms with Crippen molar-refractivity contribution in [3.63, 3.8) is 0 Å². The second-order valence-corrected chi connectivity index (χ2v) is 13.3. The number of thioether (sulfide) groups is 1. The smallest absolute Gasteiger partial charge is 0.324 e. The molecule has 0 saturated carbocycles. The van der Waals surface area contributed by atoms with E-state index in [-0.39, 0.29) is 5.02 Å². The number of para-hydroxylation sites is 1. The summed E-state index contributed by atoms with van der Waals surface area (Å²) in [5, 5.41) is 4.15. The number of halogens is 5. The molecule has 4 aromatic rings. The van der Waals surface area contributed by atoms with Crippen LogP contribution in [0.5, 0.6) is 0 Å². The molecule has 2 aliphatic heterocycles. The largest absolute Gasteiger partial charge is 0.418 e. The van der Waals surface area contributed by atoms with Crippen LogP contribution >= 0.6 is 57.6 Å². The SMILES string of the molecule is O=C(Cn1c2c(sc1=O)C(c1cccs1)C1C(=O)N(c3ccccc3C(F)(F)F)C(=O)C1S2)Nc1ccc(Cl)c(Cl)c1. The number of fused-ring (bicyclic) bond motifs is 2. The summed E-state index contributed by atoms with van der Waals surface area (Å²) in [6, 6.07) is 12.4. The Labute approximate surface area is 257 Å². The number of thiazole rings is 1. The molecule has 0 radical (unpaired) electrons. The third-order valence-electron chi connectivity index (χ3n) is 6.85. The number of anilines is 2. The highest BCUT2D eigenvalue weighted by atomic mass is 35.5. The van der Waals surface area contributed by atoms with Gasteiger partial charge < -0.3 is 5.32 Å². The van der Waals surface area contributed by atoms with Crippen molar-refractivity contribution in [2.75, 3.05) is 10.2 Å². The average molecular weight is 671 g/mol. The standard InChI is InChI=1S/C27H16Cl2F3N3O4S3/c28-14-8-7-12(10-15(14)29)33-18(36)11-34-25-22(42-26(34)39)19(17-6-3-9-40-17)20-21(41-25)24(38)35(23(20)37)16-5-2-1-4-13(16)27(30,31)32/h1-10,19-21H,11H2,(H,33,36). The highest BCUT2D eigenvalue weighted by molar-refractivity contribution is 8.00. The maximum atomic E-state index is 13.9. The first-order chi connectivity index (χ1) is 20.0. The number of carbonyl (C=O) groups excluding carboxylic acids is 3. The molecule has 3 unspecified atom stereocenters. The fourth-order valence-electron chi connectivity index (χ4n) is 5.09. The average Bonchev–Trinajstić information content (AvgIpc) is 3.63. The summed E-state index contributed by atoms with van der Waals surface area (Å²) in [5.41, 5.74) is -1.29. The van der Waals surface area contributed by atoms with E-state index in [0.29, 0.717) is 30.4 Å². The van der Waals surface area contributed by atoms with Gasteiger partial charge in [-0.2, -0.15) is 13.2 Å². The Balaban J connectivity index is 1.39. The fraction of sp³-hybridized carbons (Fsp3) is 0.185. The van der Waals surface area contributed by atoms with Crippen LogP contribution in [-0.4, -0.2) is 27.5 Å². The minimum atomic E-state index is -4.80. The normalized spacial score (nSPS) is 20.0. The van der Waals surface area contributed by atoms with Crippen LogP contribution in [0.25, 0.3) is 0 Å². The van der Waals surface area contributed by atoms with Crippen molar-refractivity contribution >= 4 is 86.7 Å². The van der Waals surface area contributed by atoms with Gasteiger partial charge >= 0.3 is 11.0 Å². The number of benzene rings is 2. The molecule has 4 heterocycles. The third-order valence-corrected chi connectivity index (χ3v) is 11.2. The van der Waals surface area contributed by atoms with Gasteiger partial charge in [-0.3, -0.25) is 23.7 Å². The number of carbonyl (C=O) groups is 3. The van der Waals surface area contributed by atoms with Crippen molar-refractivity contribution < 1.29 is 27.6 Å². The molecule has 3 atom stereocenters. The molecule has 6 rings (SSSR count). The van der Waals surface area contributed by atoms with Gasteiger partial charge in [0.05, 0.1) is 32.2 Å². The minimum absolute atomic E-state index is 0.223. The number of imide groups is 1. The second-order valence-electron chi connectivity index (χ2n) is 9.38. The summed E-state index contributed by atoms with van der Waals surface area (Å²) in [6.45, 7) is -0.408. The number of amides is 3. The van der Waals surface area contributed by atoms with Gasteiger partial charge in [0.15, 0.2) is 0 Å². The van der Waals surface area contributed by atoms with E-state index >= 15 is 0 Å². The van der Waals surface area contributed by atoms with Crippen molar-refractivity contribution in [2.24, 2.45) is 5.92 Å². The molecule has 1 saturated heterocycles. The molecule has 2 aromatic heterocycles. The number of hydrogen-bond acceptors (Lipinski definition) is 7. The van der Waals surface area contributed by atoms with Crippen LogP contribution in [0.3, 0.4) is 0 Å². The molecule has 42 heavy (non-hydrogen) atoms. The van der Waals surface area contributed by atoms with Crippen LogP contribution in [0.4, 0.5) is 24.5 Å². The summed E-state index contributed by atoms with van der Waals surface area (Å²) >= 11 is 15.0. The first kappa shape index (κ1) is 29.0. The van der Waals surface area contributed by atoms with Gasteiger partial charge in [-0.15, -0.1) is 11.3 Å². The summed E-state index contributed by atoms with van der Waals surface area (Å²) < 4.78 is 42.8. The lowest BCUT2D eigenvalue weighted by Gasteiger charge is -2.29. The van der Waals surface area contributed by atoms with Crippen molar-refractivity contribution in [3.05, 3.63) is 95.0 Å². The van der Waals surface area contributed by atoms with Gasteiger partial charge in [0, 0.05) is 21.4 Å². The Kier molecular flexibility index (Phi) is 7.50. The zero-order valence-electron chi connectivity index (χ0n) is 20.9. The Morgan fingerprint density at radius 3 is 2.43 bits per heavy atom. The van der Waals surface area contributed by atoms with Gasteiger partial charge in [-0.1, -0.05) is 64.5 Å². The number of hydrogen-bond donors (Lipinski definition) is 1. The van der Waals surface area contributed by atoms with Crippen molar-refractivity contribution in [3.8, 4) is 0 Å². The lowest BCUT2D eigenvalue weighted by atomic mass is 9.87. The van der Waals surface area contributed by atoms with E-state index in [2.05, 4.69) is 5.32 Å². The van der Waals surface area contributed by atoms with Crippen molar-refractivity contribution in [2.45, 2.75) is 28.9 Å². The van der Waals surface area contributed by atoms with Gasteiger partial charge in [0.25, 0.3) is 0 Å². The molecule has 7 nitrogen and oxygen atoms in total. The van der Waals surface area contributed by atoms with Gasteiger partial charge in [0.1, 0.15) is 11.8 Å².